The molecule has 1 heterocycles. The van der Waals surface area contributed by atoms with Gasteiger partial charge in [0, 0.05) is 0 Å². The minimum Gasteiger partial charge on any atom is -0.442 e. The normalized spacial score (nSPS) is 14.8. The minimum atomic E-state index is -0.662. The molecule has 0 fully saturated rings. The van der Waals surface area contributed by atoms with Crippen LogP contribution in [-0.4, -0.2) is 22.7 Å². The summed E-state index contributed by atoms with van der Waals surface area (Å²) in [4.78, 5) is 28.4. The van der Waals surface area contributed by atoms with Crippen LogP contribution in [0.15, 0.2) is 24.3 Å². The number of amides is 1. The van der Waals surface area contributed by atoms with E-state index in [9.17, 15) is 9.59 Å². The smallest absolute Gasteiger partial charge is 0.442 e. The third kappa shape index (κ3) is 2.61. The van der Waals surface area contributed by atoms with Crippen molar-refractivity contribution in [3.05, 3.63) is 35.4 Å². The molecule has 0 radical (unpaired) electrons. The van der Waals surface area contributed by atoms with Crippen LogP contribution in [0, 0.1) is 0 Å². The minimum absolute atomic E-state index is 0.205. The molecule has 1 aromatic carbocycles. The highest BCUT2D eigenvalue weighted by atomic mass is 16.8. The highest BCUT2D eigenvalue weighted by Crippen LogP contribution is 2.21. The summed E-state index contributed by atoms with van der Waals surface area (Å²) < 4.78 is 5.15. The van der Waals surface area contributed by atoms with E-state index in [0.717, 1.165) is 10.6 Å². The average Bonchev–Trinajstić information content (AvgIpc) is 2.26. The molecule has 1 aromatic rings. The second-order valence-electron chi connectivity index (χ2n) is 5.05. The van der Waals surface area contributed by atoms with Crippen LogP contribution in [0.25, 0.3) is 0 Å². The Morgan fingerprint density at radius 1 is 1.33 bits per heavy atom. The number of carbonyl (C=O) groups is 2. The zero-order chi connectivity index (χ0) is 13.3. The van der Waals surface area contributed by atoms with Gasteiger partial charge in [-0.15, -0.1) is 5.06 Å². The van der Waals surface area contributed by atoms with E-state index < -0.39 is 17.7 Å². The van der Waals surface area contributed by atoms with Crippen molar-refractivity contribution in [2.45, 2.75) is 32.9 Å². The van der Waals surface area contributed by atoms with Crippen molar-refractivity contribution >= 4 is 12.1 Å². The predicted octanol–water partition coefficient (Wildman–Crippen LogP) is 2.51. The molecule has 0 bridgehead atoms. The van der Waals surface area contributed by atoms with Gasteiger partial charge in [-0.3, -0.25) is 0 Å². The number of nitrogens with zero attached hydrogens (tertiary/aromatic N) is 1. The van der Waals surface area contributed by atoms with E-state index in [1.807, 2.05) is 6.07 Å². The molecule has 2 rings (SSSR count). The van der Waals surface area contributed by atoms with Crippen LogP contribution in [-0.2, 0) is 16.1 Å². The van der Waals surface area contributed by atoms with Crippen molar-refractivity contribution in [2.24, 2.45) is 0 Å². The number of hydrogen-bond donors (Lipinski definition) is 0. The molecule has 0 saturated carbocycles. The van der Waals surface area contributed by atoms with Gasteiger partial charge in [0.1, 0.15) is 5.60 Å². The van der Waals surface area contributed by atoms with E-state index in [-0.39, 0.29) is 6.54 Å². The number of benzene rings is 1. The van der Waals surface area contributed by atoms with Crippen LogP contribution in [0.2, 0.25) is 0 Å². The summed E-state index contributed by atoms with van der Waals surface area (Å²) in [5.41, 5.74) is 0.609. The zero-order valence-electron chi connectivity index (χ0n) is 10.6. The van der Waals surface area contributed by atoms with Crippen LogP contribution in [0.3, 0.4) is 0 Å². The van der Waals surface area contributed by atoms with Crippen molar-refractivity contribution in [3.8, 4) is 0 Å². The van der Waals surface area contributed by atoms with Crippen LogP contribution >= 0.6 is 0 Å². The maximum absolute atomic E-state index is 11.8. The molecule has 0 unspecified atom stereocenters. The van der Waals surface area contributed by atoms with Gasteiger partial charge in [0.2, 0.25) is 0 Å². The van der Waals surface area contributed by atoms with Gasteiger partial charge in [-0.2, -0.15) is 0 Å². The first-order chi connectivity index (χ1) is 8.37. The first kappa shape index (κ1) is 12.4. The van der Waals surface area contributed by atoms with Crippen molar-refractivity contribution in [1.82, 2.24) is 5.06 Å². The summed E-state index contributed by atoms with van der Waals surface area (Å²) in [6, 6.07) is 7.02. The summed E-state index contributed by atoms with van der Waals surface area (Å²) in [5.74, 6) is -0.539. The van der Waals surface area contributed by atoms with Gasteiger partial charge in [0.25, 0.3) is 0 Å². The summed E-state index contributed by atoms with van der Waals surface area (Å²) in [6.07, 6.45) is -0.662. The van der Waals surface area contributed by atoms with Gasteiger partial charge in [0.15, 0.2) is 0 Å². The van der Waals surface area contributed by atoms with E-state index in [2.05, 4.69) is 0 Å². The van der Waals surface area contributed by atoms with Crippen molar-refractivity contribution in [3.63, 3.8) is 0 Å². The van der Waals surface area contributed by atoms with Crippen LogP contribution in [0.4, 0.5) is 4.79 Å². The zero-order valence-corrected chi connectivity index (χ0v) is 10.6. The molecule has 1 aliphatic heterocycles. The summed E-state index contributed by atoms with van der Waals surface area (Å²) in [5, 5.41) is 0.940. The Labute approximate surface area is 105 Å². The molecule has 1 aliphatic rings. The standard InChI is InChI=1S/C13H15NO4/c1-13(2,3)17-12(16)14-8-9-6-4-5-7-10(9)11(15)18-14/h4-7H,8H2,1-3H3. The monoisotopic (exact) mass is 249 g/mol. The number of hydrogen-bond acceptors (Lipinski definition) is 4. The molecule has 1 amide bonds. The fourth-order valence-electron chi connectivity index (χ4n) is 1.61. The van der Waals surface area contributed by atoms with Gasteiger partial charge in [0.05, 0.1) is 12.1 Å². The van der Waals surface area contributed by atoms with Gasteiger partial charge in [-0.25, -0.2) is 9.59 Å². The Bertz CT molecular complexity index is 490. The molecule has 0 spiro atoms. The van der Waals surface area contributed by atoms with Gasteiger partial charge >= 0.3 is 12.1 Å². The fourth-order valence-corrected chi connectivity index (χ4v) is 1.61. The predicted molar refractivity (Wildman–Crippen MR) is 63.6 cm³/mol. The molecule has 0 N–H and O–H groups in total. The third-order valence-electron chi connectivity index (χ3n) is 2.34. The van der Waals surface area contributed by atoms with E-state index in [4.69, 9.17) is 9.57 Å². The molecule has 96 valence electrons. The second-order valence-corrected chi connectivity index (χ2v) is 5.05. The van der Waals surface area contributed by atoms with Gasteiger partial charge in [-0.1, -0.05) is 18.2 Å². The van der Waals surface area contributed by atoms with E-state index in [1.165, 1.54) is 0 Å². The lowest BCUT2D eigenvalue weighted by Crippen LogP contribution is -2.40. The first-order valence-corrected chi connectivity index (χ1v) is 5.67. The number of carbonyl (C=O) groups excluding carboxylic acids is 2. The lowest BCUT2D eigenvalue weighted by molar-refractivity contribution is -0.118. The summed E-state index contributed by atoms with van der Waals surface area (Å²) >= 11 is 0. The molecule has 0 saturated heterocycles. The Hall–Kier alpha value is -2.04. The Balaban J connectivity index is 2.16. The fraction of sp³-hybridized carbons (Fsp3) is 0.385. The molecule has 5 nitrogen and oxygen atoms in total. The van der Waals surface area contributed by atoms with Crippen LogP contribution < -0.4 is 0 Å². The number of ether oxygens (including phenoxy) is 1. The largest absolute Gasteiger partial charge is 0.444 e. The molecular weight excluding hydrogens is 234 g/mol. The van der Waals surface area contributed by atoms with E-state index in [1.54, 1.807) is 39.0 Å². The number of hydroxylamine groups is 2. The molecule has 18 heavy (non-hydrogen) atoms. The van der Waals surface area contributed by atoms with Gasteiger partial charge in [-0.05, 0) is 32.4 Å². The maximum Gasteiger partial charge on any atom is 0.444 e. The molecule has 0 aromatic heterocycles. The first-order valence-electron chi connectivity index (χ1n) is 5.67. The summed E-state index contributed by atoms with van der Waals surface area (Å²) in [7, 11) is 0. The third-order valence-corrected chi connectivity index (χ3v) is 2.34. The van der Waals surface area contributed by atoms with E-state index >= 15 is 0 Å². The Morgan fingerprint density at radius 3 is 2.67 bits per heavy atom. The quantitative estimate of drug-likeness (QED) is 0.709. The molecule has 0 aliphatic carbocycles. The lowest BCUT2D eigenvalue weighted by atomic mass is 10.1. The maximum atomic E-state index is 11.8. The molecular formula is C13H15NO4. The highest BCUT2D eigenvalue weighted by molar-refractivity contribution is 5.92. The topological polar surface area (TPSA) is 55.8 Å². The summed E-state index contributed by atoms with van der Waals surface area (Å²) in [6.45, 7) is 5.47. The van der Waals surface area contributed by atoms with Crippen molar-refractivity contribution in [1.29, 1.82) is 0 Å². The number of rotatable bonds is 0. The van der Waals surface area contributed by atoms with Crippen LogP contribution in [0.5, 0.6) is 0 Å². The molecule has 0 atom stereocenters. The van der Waals surface area contributed by atoms with Gasteiger partial charge < -0.3 is 9.57 Å². The van der Waals surface area contributed by atoms with Crippen molar-refractivity contribution < 1.29 is 19.2 Å². The Morgan fingerprint density at radius 2 is 2.00 bits per heavy atom. The SMILES string of the molecule is CC(C)(C)OC(=O)N1Cc2ccccc2C(=O)O1. The lowest BCUT2D eigenvalue weighted by Gasteiger charge is -2.29. The highest BCUT2D eigenvalue weighted by Gasteiger charge is 2.31. The van der Waals surface area contributed by atoms with Crippen molar-refractivity contribution in [2.75, 3.05) is 0 Å². The second kappa shape index (κ2) is 4.33. The van der Waals surface area contributed by atoms with E-state index in [0.29, 0.717) is 5.56 Å². The van der Waals surface area contributed by atoms with Crippen LogP contribution in [0.1, 0.15) is 36.7 Å². The molecule has 5 heteroatoms. The number of fused-ring (bicyclic) bond motifs is 1. The Kier molecular flexibility index (Phi) is 2.98. The average molecular weight is 249 g/mol.